The van der Waals surface area contributed by atoms with Gasteiger partial charge in [-0.05, 0) is 25.0 Å². The van der Waals surface area contributed by atoms with E-state index in [9.17, 15) is 13.2 Å². The summed E-state index contributed by atoms with van der Waals surface area (Å²) in [7, 11) is 1.26. The number of hydrogen-bond acceptors (Lipinski definition) is 4. The van der Waals surface area contributed by atoms with E-state index in [0.29, 0.717) is 13.1 Å². The summed E-state index contributed by atoms with van der Waals surface area (Å²) in [6.45, 7) is 1.30. The van der Waals surface area contributed by atoms with Crippen LogP contribution in [0.2, 0.25) is 0 Å². The van der Waals surface area contributed by atoms with Gasteiger partial charge in [0.05, 0.1) is 5.56 Å². The molecule has 0 saturated carbocycles. The quantitative estimate of drug-likeness (QED) is 0.761. The maximum Gasteiger partial charge on any atom is 0.279 e. The first-order valence-corrected chi connectivity index (χ1v) is 7.50. The van der Waals surface area contributed by atoms with E-state index in [0.717, 1.165) is 12.8 Å². The molecule has 0 atom stereocenters. The van der Waals surface area contributed by atoms with Crippen molar-refractivity contribution in [1.82, 2.24) is 9.88 Å². The molecule has 0 aliphatic carbocycles. The Bertz CT molecular complexity index is 538. The van der Waals surface area contributed by atoms with Crippen LogP contribution in [0.25, 0.3) is 0 Å². The first-order valence-electron chi connectivity index (χ1n) is 5.19. The molecule has 1 aliphatic rings. The third kappa shape index (κ3) is 2.58. The summed E-state index contributed by atoms with van der Waals surface area (Å²) in [5, 5.41) is -0.362. The lowest BCUT2D eigenvalue weighted by molar-refractivity contribution is 0.0788. The van der Waals surface area contributed by atoms with Gasteiger partial charge in [0.25, 0.3) is 15.0 Å². The zero-order valence-corrected chi connectivity index (χ0v) is 10.5. The monoisotopic (exact) mass is 274 g/mol. The Morgan fingerprint density at radius 2 is 2.00 bits per heavy atom. The molecule has 1 aromatic rings. The van der Waals surface area contributed by atoms with E-state index < -0.39 is 9.05 Å². The summed E-state index contributed by atoms with van der Waals surface area (Å²) in [6, 6.07) is 2.96. The minimum atomic E-state index is -3.99. The fraction of sp³-hybridized carbons (Fsp3) is 0.400. The predicted molar refractivity (Wildman–Crippen MR) is 62.4 cm³/mol. The third-order valence-corrected chi connectivity index (χ3v) is 3.85. The molecule has 0 radical (unpaired) electrons. The van der Waals surface area contributed by atoms with Gasteiger partial charge in [0, 0.05) is 30.0 Å². The molecular weight excluding hydrogens is 264 g/mol. The zero-order chi connectivity index (χ0) is 12.5. The highest BCUT2D eigenvalue weighted by molar-refractivity contribution is 8.13. The van der Waals surface area contributed by atoms with Gasteiger partial charge in [-0.25, -0.2) is 13.4 Å². The average Bonchev–Trinajstić information content (AvgIpc) is 2.80. The first kappa shape index (κ1) is 12.3. The van der Waals surface area contributed by atoms with Crippen molar-refractivity contribution in [3.63, 3.8) is 0 Å². The van der Waals surface area contributed by atoms with Gasteiger partial charge in [-0.2, -0.15) is 0 Å². The van der Waals surface area contributed by atoms with Crippen LogP contribution in [0.3, 0.4) is 0 Å². The second-order valence-electron chi connectivity index (χ2n) is 3.79. The Morgan fingerprint density at radius 1 is 1.35 bits per heavy atom. The number of likely N-dealkylation sites (tertiary alicyclic amines) is 1. The normalized spacial score (nSPS) is 16.2. The van der Waals surface area contributed by atoms with Crippen molar-refractivity contribution in [2.45, 2.75) is 17.9 Å². The molecule has 0 unspecified atom stereocenters. The summed E-state index contributed by atoms with van der Waals surface area (Å²) in [4.78, 5) is 17.4. The number of rotatable bonds is 2. The lowest BCUT2D eigenvalue weighted by Crippen LogP contribution is -2.29. The van der Waals surface area contributed by atoms with Gasteiger partial charge >= 0.3 is 0 Å². The highest BCUT2D eigenvalue weighted by atomic mass is 35.7. The molecule has 2 rings (SSSR count). The van der Waals surface area contributed by atoms with E-state index in [1.54, 1.807) is 4.90 Å². The Hall–Kier alpha value is -1.14. The number of nitrogens with zero attached hydrogens (tertiary/aromatic N) is 2. The van der Waals surface area contributed by atoms with E-state index in [4.69, 9.17) is 10.7 Å². The lowest BCUT2D eigenvalue weighted by Gasteiger charge is -2.15. The smallest absolute Gasteiger partial charge is 0.279 e. The molecule has 1 saturated heterocycles. The van der Waals surface area contributed by atoms with Gasteiger partial charge < -0.3 is 4.90 Å². The van der Waals surface area contributed by atoms with E-state index in [2.05, 4.69) is 4.98 Å². The van der Waals surface area contributed by atoms with Gasteiger partial charge in [-0.3, -0.25) is 4.79 Å². The summed E-state index contributed by atoms with van der Waals surface area (Å²) in [5.41, 5.74) is 0.0457. The Kier molecular flexibility index (Phi) is 3.35. The van der Waals surface area contributed by atoms with E-state index in [-0.39, 0.29) is 16.5 Å². The second-order valence-corrected chi connectivity index (χ2v) is 6.27. The number of carbonyl (C=O) groups excluding carboxylic acids is 1. The Morgan fingerprint density at radius 3 is 2.59 bits per heavy atom. The minimum absolute atomic E-state index is 0.0457. The van der Waals surface area contributed by atoms with Gasteiger partial charge in [-0.1, -0.05) is 0 Å². The lowest BCUT2D eigenvalue weighted by atomic mass is 10.2. The van der Waals surface area contributed by atoms with Crippen LogP contribution >= 0.6 is 10.7 Å². The Balaban J connectivity index is 2.41. The van der Waals surface area contributed by atoms with Crippen molar-refractivity contribution in [3.8, 4) is 0 Å². The molecule has 0 aromatic carbocycles. The molecule has 17 heavy (non-hydrogen) atoms. The second kappa shape index (κ2) is 4.62. The van der Waals surface area contributed by atoms with E-state index >= 15 is 0 Å². The standard InChI is InChI=1S/C10H11ClN2O3S/c11-17(15,16)9-8(4-3-5-12-9)10(14)13-6-1-2-7-13/h3-5H,1-2,6-7H2. The summed E-state index contributed by atoms with van der Waals surface area (Å²) >= 11 is 0. The predicted octanol–water partition coefficient (Wildman–Crippen LogP) is 1.25. The van der Waals surface area contributed by atoms with Crippen LogP contribution in [-0.4, -0.2) is 37.3 Å². The summed E-state index contributed by atoms with van der Waals surface area (Å²) in [6.07, 6.45) is 3.18. The molecule has 7 heteroatoms. The number of carbonyl (C=O) groups is 1. The van der Waals surface area contributed by atoms with Crippen LogP contribution < -0.4 is 0 Å². The van der Waals surface area contributed by atoms with E-state index in [1.165, 1.54) is 18.3 Å². The molecule has 0 bridgehead atoms. The van der Waals surface area contributed by atoms with Gasteiger partial charge in [0.15, 0.2) is 5.03 Å². The van der Waals surface area contributed by atoms with Crippen LogP contribution in [0.5, 0.6) is 0 Å². The number of halogens is 1. The molecule has 92 valence electrons. The van der Waals surface area contributed by atoms with Crippen molar-refractivity contribution < 1.29 is 13.2 Å². The Labute approximate surface area is 104 Å². The van der Waals surface area contributed by atoms with Crippen LogP contribution in [0.15, 0.2) is 23.4 Å². The molecule has 1 fully saturated rings. The van der Waals surface area contributed by atoms with Gasteiger partial charge in [0.2, 0.25) is 0 Å². The van der Waals surface area contributed by atoms with Crippen LogP contribution in [-0.2, 0) is 9.05 Å². The maximum absolute atomic E-state index is 12.1. The number of amides is 1. The highest BCUT2D eigenvalue weighted by Gasteiger charge is 2.26. The number of hydrogen-bond donors (Lipinski definition) is 0. The van der Waals surface area contributed by atoms with Crippen molar-refractivity contribution in [3.05, 3.63) is 23.9 Å². The summed E-state index contributed by atoms with van der Waals surface area (Å²) < 4.78 is 22.6. The fourth-order valence-corrected chi connectivity index (χ4v) is 2.81. The van der Waals surface area contributed by atoms with Crippen LogP contribution in [0.1, 0.15) is 23.2 Å². The van der Waals surface area contributed by atoms with Crippen molar-refractivity contribution in [2.75, 3.05) is 13.1 Å². The van der Waals surface area contributed by atoms with Crippen molar-refractivity contribution in [1.29, 1.82) is 0 Å². The fourth-order valence-electron chi connectivity index (χ4n) is 1.84. The average molecular weight is 275 g/mol. The third-order valence-electron chi connectivity index (χ3n) is 2.63. The minimum Gasteiger partial charge on any atom is -0.339 e. The topological polar surface area (TPSA) is 67.3 Å². The number of pyridine rings is 1. The van der Waals surface area contributed by atoms with Crippen molar-refractivity contribution in [2.24, 2.45) is 0 Å². The highest BCUT2D eigenvalue weighted by Crippen LogP contribution is 2.20. The molecule has 1 aliphatic heterocycles. The molecule has 5 nitrogen and oxygen atoms in total. The van der Waals surface area contributed by atoms with E-state index in [1.807, 2.05) is 0 Å². The largest absolute Gasteiger partial charge is 0.339 e. The molecule has 1 aromatic heterocycles. The molecule has 1 amide bonds. The first-order chi connectivity index (χ1) is 8.00. The summed E-state index contributed by atoms with van der Waals surface area (Å²) in [5.74, 6) is -0.324. The molecular formula is C10H11ClN2O3S. The van der Waals surface area contributed by atoms with Crippen LogP contribution in [0, 0.1) is 0 Å². The van der Waals surface area contributed by atoms with Gasteiger partial charge in [0.1, 0.15) is 0 Å². The number of aromatic nitrogens is 1. The maximum atomic E-state index is 12.1. The zero-order valence-electron chi connectivity index (χ0n) is 8.97. The molecule has 0 spiro atoms. The molecule has 2 heterocycles. The van der Waals surface area contributed by atoms with Crippen molar-refractivity contribution >= 4 is 25.6 Å². The molecule has 0 N–H and O–H groups in total. The van der Waals surface area contributed by atoms with Gasteiger partial charge in [-0.15, -0.1) is 0 Å². The van der Waals surface area contributed by atoms with Crippen LogP contribution in [0.4, 0.5) is 0 Å². The SMILES string of the molecule is O=C(c1cccnc1S(=O)(=O)Cl)N1CCCC1.